The summed E-state index contributed by atoms with van der Waals surface area (Å²) in [6.45, 7) is 0. The fourth-order valence-corrected chi connectivity index (χ4v) is 2.08. The molecule has 2 rings (SSSR count). The molecule has 4 heteroatoms. The molecule has 2 heterocycles. The highest BCUT2D eigenvalue weighted by atomic mass is 35.5. The zero-order valence-electron chi connectivity index (χ0n) is 7.85. The van der Waals surface area contributed by atoms with Crippen molar-refractivity contribution < 1.29 is 4.79 Å². The van der Waals surface area contributed by atoms with Crippen molar-refractivity contribution in [3.8, 4) is 0 Å². The first-order valence-corrected chi connectivity index (χ1v) is 4.94. The van der Waals surface area contributed by atoms with Gasteiger partial charge in [-0.3, -0.25) is 9.78 Å². The molecule has 1 saturated heterocycles. The Morgan fingerprint density at radius 1 is 1.64 bits per heavy atom. The van der Waals surface area contributed by atoms with Gasteiger partial charge in [-0.2, -0.15) is 0 Å². The van der Waals surface area contributed by atoms with Crippen LogP contribution in [0.5, 0.6) is 0 Å². The second-order valence-electron chi connectivity index (χ2n) is 3.45. The Labute approximate surface area is 87.7 Å². The number of carbonyl (C=O) groups is 1. The zero-order valence-corrected chi connectivity index (χ0v) is 8.61. The summed E-state index contributed by atoms with van der Waals surface area (Å²) in [5, 5.41) is -0.384. The van der Waals surface area contributed by atoms with Gasteiger partial charge < -0.3 is 4.90 Å². The Morgan fingerprint density at radius 3 is 2.93 bits per heavy atom. The lowest BCUT2D eigenvalue weighted by Crippen LogP contribution is -2.25. The van der Waals surface area contributed by atoms with Crippen LogP contribution in [-0.2, 0) is 4.79 Å². The molecule has 3 nitrogen and oxygen atoms in total. The minimum atomic E-state index is -0.384. The van der Waals surface area contributed by atoms with Crippen LogP contribution in [0.25, 0.3) is 0 Å². The standard InChI is InChI=1S/C10H11ClN2O/c1-13-9(5-8(11)10(13)14)7-3-2-4-12-6-7/h2-4,6,8-9H,5H2,1H3/t8-,9+/m1/s1. The minimum Gasteiger partial charge on any atom is -0.337 e. The smallest absolute Gasteiger partial charge is 0.240 e. The molecular weight excluding hydrogens is 200 g/mol. The number of rotatable bonds is 1. The minimum absolute atomic E-state index is 0.000481. The van der Waals surface area contributed by atoms with E-state index in [9.17, 15) is 4.79 Å². The van der Waals surface area contributed by atoms with Gasteiger partial charge in [-0.15, -0.1) is 11.6 Å². The van der Waals surface area contributed by atoms with E-state index in [-0.39, 0.29) is 17.3 Å². The molecule has 74 valence electrons. The largest absolute Gasteiger partial charge is 0.337 e. The van der Waals surface area contributed by atoms with E-state index in [2.05, 4.69) is 4.98 Å². The molecule has 14 heavy (non-hydrogen) atoms. The molecule has 0 radical (unpaired) electrons. The van der Waals surface area contributed by atoms with Crippen LogP contribution in [0.4, 0.5) is 0 Å². The van der Waals surface area contributed by atoms with Gasteiger partial charge in [0.05, 0.1) is 6.04 Å². The Balaban J connectivity index is 2.26. The molecule has 0 saturated carbocycles. The summed E-state index contributed by atoms with van der Waals surface area (Å²) in [5.41, 5.74) is 1.05. The summed E-state index contributed by atoms with van der Waals surface area (Å²) in [4.78, 5) is 17.2. The van der Waals surface area contributed by atoms with E-state index in [1.807, 2.05) is 12.1 Å². The predicted octanol–water partition coefficient (Wildman–Crippen LogP) is 1.59. The number of hydrogen-bond acceptors (Lipinski definition) is 2. The maximum Gasteiger partial charge on any atom is 0.240 e. The fourth-order valence-electron chi connectivity index (χ4n) is 1.76. The number of aromatic nitrogens is 1. The number of amides is 1. The van der Waals surface area contributed by atoms with E-state index in [1.165, 1.54) is 0 Å². The summed E-state index contributed by atoms with van der Waals surface area (Å²) in [6.07, 6.45) is 4.17. The number of carbonyl (C=O) groups excluding carboxylic acids is 1. The normalized spacial score (nSPS) is 27.0. The highest BCUT2D eigenvalue weighted by Crippen LogP contribution is 2.33. The van der Waals surface area contributed by atoms with Gasteiger partial charge in [-0.25, -0.2) is 0 Å². The Morgan fingerprint density at radius 2 is 2.43 bits per heavy atom. The van der Waals surface area contributed by atoms with Crippen molar-refractivity contribution in [1.29, 1.82) is 0 Å². The number of hydrogen-bond donors (Lipinski definition) is 0. The van der Waals surface area contributed by atoms with Crippen LogP contribution < -0.4 is 0 Å². The molecule has 1 aliphatic heterocycles. The highest BCUT2D eigenvalue weighted by molar-refractivity contribution is 6.31. The molecule has 1 fully saturated rings. The second-order valence-corrected chi connectivity index (χ2v) is 3.98. The lowest BCUT2D eigenvalue weighted by Gasteiger charge is -2.19. The second kappa shape index (κ2) is 3.58. The van der Waals surface area contributed by atoms with Crippen molar-refractivity contribution in [1.82, 2.24) is 9.88 Å². The van der Waals surface area contributed by atoms with Crippen molar-refractivity contribution in [3.63, 3.8) is 0 Å². The molecule has 1 aliphatic rings. The third-order valence-corrected chi connectivity index (χ3v) is 2.95. The van der Waals surface area contributed by atoms with Gasteiger partial charge >= 0.3 is 0 Å². The Kier molecular flexibility index (Phi) is 2.42. The number of pyridine rings is 1. The van der Waals surface area contributed by atoms with E-state index in [0.717, 1.165) is 5.56 Å². The van der Waals surface area contributed by atoms with Gasteiger partial charge in [0.15, 0.2) is 0 Å². The number of nitrogens with zero attached hydrogens (tertiary/aromatic N) is 2. The van der Waals surface area contributed by atoms with Crippen LogP contribution in [0, 0.1) is 0 Å². The van der Waals surface area contributed by atoms with Gasteiger partial charge in [-0.05, 0) is 18.1 Å². The van der Waals surface area contributed by atoms with Crippen LogP contribution >= 0.6 is 11.6 Å². The zero-order chi connectivity index (χ0) is 10.1. The molecular formula is C10H11ClN2O. The third kappa shape index (κ3) is 1.48. The first-order chi connectivity index (χ1) is 6.70. The average Bonchev–Trinajstić information content (AvgIpc) is 2.47. The maximum absolute atomic E-state index is 11.5. The third-order valence-electron chi connectivity index (χ3n) is 2.58. The van der Waals surface area contributed by atoms with Crippen LogP contribution in [0.1, 0.15) is 18.0 Å². The summed E-state index contributed by atoms with van der Waals surface area (Å²) in [7, 11) is 1.78. The number of alkyl halides is 1. The SMILES string of the molecule is CN1C(=O)[C@H](Cl)C[C@H]1c1cccnc1. The van der Waals surface area contributed by atoms with E-state index in [1.54, 1.807) is 24.3 Å². The van der Waals surface area contributed by atoms with Crippen molar-refractivity contribution in [2.24, 2.45) is 0 Å². The monoisotopic (exact) mass is 210 g/mol. The van der Waals surface area contributed by atoms with Crippen LogP contribution in [-0.4, -0.2) is 28.2 Å². The van der Waals surface area contributed by atoms with E-state index >= 15 is 0 Å². The maximum atomic E-state index is 11.5. The average molecular weight is 211 g/mol. The highest BCUT2D eigenvalue weighted by Gasteiger charge is 2.36. The van der Waals surface area contributed by atoms with Crippen LogP contribution in [0.3, 0.4) is 0 Å². The van der Waals surface area contributed by atoms with Crippen LogP contribution in [0.2, 0.25) is 0 Å². The first kappa shape index (κ1) is 9.46. The van der Waals surface area contributed by atoms with Crippen molar-refractivity contribution >= 4 is 17.5 Å². The lowest BCUT2D eigenvalue weighted by atomic mass is 10.1. The molecule has 0 aromatic carbocycles. The summed E-state index contributed by atoms with van der Waals surface area (Å²) >= 11 is 5.89. The number of halogens is 1. The molecule has 0 spiro atoms. The fraction of sp³-hybridized carbons (Fsp3) is 0.400. The van der Waals surface area contributed by atoms with Gasteiger partial charge in [0, 0.05) is 19.4 Å². The molecule has 0 N–H and O–H groups in total. The molecule has 0 unspecified atom stereocenters. The van der Waals surface area contributed by atoms with E-state index in [0.29, 0.717) is 6.42 Å². The van der Waals surface area contributed by atoms with Crippen molar-refractivity contribution in [2.75, 3.05) is 7.05 Å². The molecule has 1 aromatic heterocycles. The molecule has 2 atom stereocenters. The Hall–Kier alpha value is -1.09. The predicted molar refractivity (Wildman–Crippen MR) is 54.0 cm³/mol. The molecule has 1 amide bonds. The number of likely N-dealkylation sites (tertiary alicyclic amines) is 1. The molecule has 1 aromatic rings. The van der Waals surface area contributed by atoms with Gasteiger partial charge in [0.25, 0.3) is 0 Å². The van der Waals surface area contributed by atoms with Crippen LogP contribution in [0.15, 0.2) is 24.5 Å². The quantitative estimate of drug-likeness (QED) is 0.660. The summed E-state index contributed by atoms with van der Waals surface area (Å²) in [6, 6.07) is 3.92. The van der Waals surface area contributed by atoms with Gasteiger partial charge in [0.2, 0.25) is 5.91 Å². The van der Waals surface area contributed by atoms with Crippen molar-refractivity contribution in [3.05, 3.63) is 30.1 Å². The van der Waals surface area contributed by atoms with E-state index < -0.39 is 0 Å². The van der Waals surface area contributed by atoms with Crippen molar-refractivity contribution in [2.45, 2.75) is 17.8 Å². The Bertz CT molecular complexity index is 341. The lowest BCUT2D eigenvalue weighted by molar-refractivity contribution is -0.127. The first-order valence-electron chi connectivity index (χ1n) is 4.51. The van der Waals surface area contributed by atoms with Gasteiger partial charge in [0.1, 0.15) is 5.38 Å². The topological polar surface area (TPSA) is 33.2 Å². The molecule has 0 aliphatic carbocycles. The van der Waals surface area contributed by atoms with Gasteiger partial charge in [-0.1, -0.05) is 6.07 Å². The summed E-state index contributed by atoms with van der Waals surface area (Å²) in [5.74, 6) is 0.000481. The summed E-state index contributed by atoms with van der Waals surface area (Å²) < 4.78 is 0. The van der Waals surface area contributed by atoms with E-state index in [4.69, 9.17) is 11.6 Å². The molecule has 0 bridgehead atoms.